The minimum Gasteiger partial charge on any atom is -0.490 e. The van der Waals surface area contributed by atoms with Crippen LogP contribution in [0.25, 0.3) is 0 Å². The first-order valence-electron chi connectivity index (χ1n) is 10.8. The molecule has 3 aromatic carbocycles. The molecule has 0 aromatic heterocycles. The number of hydrogen-bond donors (Lipinski definition) is 1. The highest BCUT2D eigenvalue weighted by Crippen LogP contribution is 2.37. The van der Waals surface area contributed by atoms with Crippen molar-refractivity contribution in [2.45, 2.75) is 45.9 Å². The van der Waals surface area contributed by atoms with Gasteiger partial charge in [-0.1, -0.05) is 71.2 Å². The van der Waals surface area contributed by atoms with Crippen molar-refractivity contribution in [2.24, 2.45) is 0 Å². The van der Waals surface area contributed by atoms with Crippen molar-refractivity contribution in [3.05, 3.63) is 92.4 Å². The third-order valence-electron chi connectivity index (χ3n) is 5.12. The van der Waals surface area contributed by atoms with Gasteiger partial charge < -0.3 is 14.8 Å². The fraction of sp³-hybridized carbons (Fsp3) is 0.308. The Balaban J connectivity index is 0.00000385. The minimum absolute atomic E-state index is 0. The third-order valence-corrected chi connectivity index (χ3v) is 5.99. The zero-order valence-electron chi connectivity index (χ0n) is 18.7. The first kappa shape index (κ1) is 27.6. The van der Waals surface area contributed by atoms with Crippen molar-refractivity contribution in [3.63, 3.8) is 0 Å². The number of benzene rings is 3. The second-order valence-electron chi connectivity index (χ2n) is 7.67. The molecule has 0 fully saturated rings. The van der Waals surface area contributed by atoms with Gasteiger partial charge in [0.25, 0.3) is 0 Å². The molecule has 1 atom stereocenters. The van der Waals surface area contributed by atoms with E-state index >= 15 is 0 Å². The van der Waals surface area contributed by atoms with Crippen molar-refractivity contribution < 1.29 is 9.47 Å². The topological polar surface area (TPSA) is 30.5 Å². The molecule has 7 heteroatoms. The lowest BCUT2D eigenvalue weighted by Gasteiger charge is -2.18. The number of nitrogens with one attached hydrogen (secondary N) is 1. The Bertz CT molecular complexity index is 1010. The highest BCUT2D eigenvalue weighted by Gasteiger charge is 2.14. The van der Waals surface area contributed by atoms with Crippen LogP contribution in [0.3, 0.4) is 0 Å². The fourth-order valence-corrected chi connectivity index (χ4v) is 4.09. The predicted octanol–water partition coefficient (Wildman–Crippen LogP) is 8.16. The summed E-state index contributed by atoms with van der Waals surface area (Å²) in [6.45, 7) is 5.60. The van der Waals surface area contributed by atoms with Crippen LogP contribution in [-0.2, 0) is 19.6 Å². The standard InChI is InChI=1S/C26H28Cl3NO2.ClH/c1-3-31-25-14-20(16-30-18(2)9-10-19-7-5-4-6-8-19)13-24(29)26(25)32-17-21-11-12-22(27)15-23(21)28;/h4-8,11-15,18,30H,3,9-10,16-17H2,1-2H3;1H. The van der Waals surface area contributed by atoms with Crippen molar-refractivity contribution in [3.8, 4) is 11.5 Å². The van der Waals surface area contributed by atoms with E-state index in [1.165, 1.54) is 5.56 Å². The maximum absolute atomic E-state index is 6.57. The maximum Gasteiger partial charge on any atom is 0.180 e. The van der Waals surface area contributed by atoms with Gasteiger partial charge in [0.2, 0.25) is 0 Å². The molecule has 0 saturated heterocycles. The summed E-state index contributed by atoms with van der Waals surface area (Å²) >= 11 is 18.8. The van der Waals surface area contributed by atoms with E-state index in [1.807, 2.05) is 31.2 Å². The SMILES string of the molecule is CCOc1cc(CNC(C)CCc2ccccc2)cc(Cl)c1OCc1ccc(Cl)cc1Cl.Cl. The summed E-state index contributed by atoms with van der Waals surface area (Å²) < 4.78 is 11.8. The third kappa shape index (κ3) is 8.59. The van der Waals surface area contributed by atoms with Crippen LogP contribution >= 0.6 is 47.2 Å². The van der Waals surface area contributed by atoms with Gasteiger partial charge in [0.1, 0.15) is 6.61 Å². The van der Waals surface area contributed by atoms with E-state index in [1.54, 1.807) is 12.1 Å². The quantitative estimate of drug-likeness (QED) is 0.272. The Kier molecular flexibility index (Phi) is 11.7. The van der Waals surface area contributed by atoms with Gasteiger partial charge in [-0.3, -0.25) is 0 Å². The first-order valence-corrected chi connectivity index (χ1v) is 11.9. The van der Waals surface area contributed by atoms with E-state index in [4.69, 9.17) is 44.3 Å². The Morgan fingerprint density at radius 1 is 0.879 bits per heavy atom. The van der Waals surface area contributed by atoms with Crippen molar-refractivity contribution in [2.75, 3.05) is 6.61 Å². The zero-order chi connectivity index (χ0) is 22.9. The Morgan fingerprint density at radius 2 is 1.64 bits per heavy atom. The van der Waals surface area contributed by atoms with Crippen molar-refractivity contribution in [1.29, 1.82) is 0 Å². The molecule has 0 saturated carbocycles. The Hall–Kier alpha value is -1.62. The van der Waals surface area contributed by atoms with Gasteiger partial charge in [-0.15, -0.1) is 12.4 Å². The lowest BCUT2D eigenvalue weighted by molar-refractivity contribution is 0.269. The van der Waals surface area contributed by atoms with Crippen LogP contribution in [0.4, 0.5) is 0 Å². The molecule has 1 unspecified atom stereocenters. The Labute approximate surface area is 217 Å². The van der Waals surface area contributed by atoms with E-state index in [-0.39, 0.29) is 19.0 Å². The highest BCUT2D eigenvalue weighted by molar-refractivity contribution is 6.35. The molecule has 0 amide bonds. The van der Waals surface area contributed by atoms with Crippen LogP contribution in [0.5, 0.6) is 11.5 Å². The monoisotopic (exact) mass is 527 g/mol. The molecular weight excluding hydrogens is 500 g/mol. The molecular formula is C26H29Cl4NO2. The molecule has 3 nitrogen and oxygen atoms in total. The van der Waals surface area contributed by atoms with E-state index in [9.17, 15) is 0 Å². The molecule has 0 spiro atoms. The van der Waals surface area contributed by atoms with Crippen molar-refractivity contribution >= 4 is 47.2 Å². The number of aryl methyl sites for hydroxylation is 1. The maximum atomic E-state index is 6.57. The summed E-state index contributed by atoms with van der Waals surface area (Å²) in [6.07, 6.45) is 2.10. The van der Waals surface area contributed by atoms with Gasteiger partial charge in [-0.05, 0) is 62.1 Å². The average molecular weight is 529 g/mol. The summed E-state index contributed by atoms with van der Waals surface area (Å²) in [4.78, 5) is 0. The van der Waals surface area contributed by atoms with Gasteiger partial charge in [0.05, 0.1) is 11.6 Å². The van der Waals surface area contributed by atoms with E-state index in [0.29, 0.717) is 45.8 Å². The Morgan fingerprint density at radius 3 is 2.33 bits per heavy atom. The molecule has 0 aliphatic carbocycles. The van der Waals surface area contributed by atoms with Crippen LogP contribution in [0.1, 0.15) is 37.0 Å². The second-order valence-corrected chi connectivity index (χ2v) is 8.92. The van der Waals surface area contributed by atoms with Crippen molar-refractivity contribution in [1.82, 2.24) is 5.32 Å². The fourth-order valence-electron chi connectivity index (χ4n) is 3.34. The summed E-state index contributed by atoms with van der Waals surface area (Å²) in [5.41, 5.74) is 3.22. The van der Waals surface area contributed by atoms with Gasteiger partial charge >= 0.3 is 0 Å². The van der Waals surface area contributed by atoms with Crippen LogP contribution in [0, 0.1) is 0 Å². The molecule has 0 aliphatic rings. The molecule has 3 rings (SSSR count). The number of hydrogen-bond acceptors (Lipinski definition) is 3. The number of halogens is 4. The van der Waals surface area contributed by atoms with Crippen LogP contribution in [0.15, 0.2) is 60.7 Å². The molecule has 33 heavy (non-hydrogen) atoms. The van der Waals surface area contributed by atoms with Gasteiger partial charge in [0, 0.05) is 28.2 Å². The highest BCUT2D eigenvalue weighted by atomic mass is 35.5. The van der Waals surface area contributed by atoms with Gasteiger partial charge in [-0.2, -0.15) is 0 Å². The van der Waals surface area contributed by atoms with E-state index in [2.05, 4.69) is 36.5 Å². The number of rotatable bonds is 11. The molecule has 0 heterocycles. The molecule has 0 radical (unpaired) electrons. The predicted molar refractivity (Wildman–Crippen MR) is 142 cm³/mol. The lowest BCUT2D eigenvalue weighted by atomic mass is 10.1. The van der Waals surface area contributed by atoms with Crippen LogP contribution in [-0.4, -0.2) is 12.6 Å². The van der Waals surface area contributed by atoms with Gasteiger partial charge in [0.15, 0.2) is 11.5 Å². The first-order chi connectivity index (χ1) is 15.5. The molecule has 178 valence electrons. The lowest BCUT2D eigenvalue weighted by Crippen LogP contribution is -2.26. The molecule has 0 aliphatic heterocycles. The molecule has 0 bridgehead atoms. The van der Waals surface area contributed by atoms with Crippen LogP contribution in [0.2, 0.25) is 15.1 Å². The normalized spacial score (nSPS) is 11.5. The second kappa shape index (κ2) is 13.9. The molecule has 3 aromatic rings. The van der Waals surface area contributed by atoms with E-state index < -0.39 is 0 Å². The summed E-state index contributed by atoms with van der Waals surface area (Å²) in [5.74, 6) is 1.14. The summed E-state index contributed by atoms with van der Waals surface area (Å²) in [6, 6.07) is 20.1. The van der Waals surface area contributed by atoms with Gasteiger partial charge in [-0.25, -0.2) is 0 Å². The van der Waals surface area contributed by atoms with Crippen LogP contribution < -0.4 is 14.8 Å². The largest absolute Gasteiger partial charge is 0.490 e. The summed E-state index contributed by atoms with van der Waals surface area (Å²) in [7, 11) is 0. The minimum atomic E-state index is 0. The smallest absolute Gasteiger partial charge is 0.180 e. The number of ether oxygens (including phenoxy) is 2. The average Bonchev–Trinajstić information content (AvgIpc) is 2.78. The van der Waals surface area contributed by atoms with E-state index in [0.717, 1.165) is 24.0 Å². The molecule has 1 N–H and O–H groups in total. The zero-order valence-corrected chi connectivity index (χ0v) is 21.8. The summed E-state index contributed by atoms with van der Waals surface area (Å²) in [5, 5.41) is 5.22.